The number of ether oxygens (including phenoxy) is 2. The van der Waals surface area contributed by atoms with Gasteiger partial charge in [0, 0.05) is 35.4 Å². The van der Waals surface area contributed by atoms with Gasteiger partial charge >= 0.3 is 0 Å². The van der Waals surface area contributed by atoms with Crippen LogP contribution in [0, 0.1) is 12.7 Å². The number of hydrogen-bond acceptors (Lipinski definition) is 5. The van der Waals surface area contributed by atoms with E-state index in [2.05, 4.69) is 15.4 Å². The van der Waals surface area contributed by atoms with Crippen LogP contribution in [0.1, 0.15) is 32.7 Å². The van der Waals surface area contributed by atoms with E-state index in [1.165, 1.54) is 28.9 Å². The van der Waals surface area contributed by atoms with Crippen LogP contribution in [0.15, 0.2) is 47.4 Å². The summed E-state index contributed by atoms with van der Waals surface area (Å²) in [6.45, 7) is 2.07. The highest BCUT2D eigenvalue weighted by Gasteiger charge is 2.19. The van der Waals surface area contributed by atoms with E-state index in [-0.39, 0.29) is 34.1 Å². The molecule has 0 aliphatic rings. The maximum Gasteiger partial charge on any atom is 0.276 e. The molecule has 8 nitrogen and oxygen atoms in total. The number of H-pyrrole nitrogens is 1. The number of rotatable bonds is 8. The summed E-state index contributed by atoms with van der Waals surface area (Å²) in [5.41, 5.74) is 2.57. The van der Waals surface area contributed by atoms with Crippen molar-refractivity contribution < 1.29 is 18.7 Å². The average molecular weight is 499 g/mol. The minimum absolute atomic E-state index is 0.186. The normalized spacial score (nSPS) is 11.0. The molecule has 2 aromatic heterocycles. The molecule has 35 heavy (non-hydrogen) atoms. The number of halogens is 2. The molecule has 0 saturated carbocycles. The van der Waals surface area contributed by atoms with Crippen LogP contribution < -0.4 is 20.3 Å². The number of aromatic amines is 1. The topological polar surface area (TPSA) is 97.7 Å². The summed E-state index contributed by atoms with van der Waals surface area (Å²) in [6.07, 6.45) is 2.21. The molecule has 182 valence electrons. The first kappa shape index (κ1) is 24.3. The molecule has 4 aromatic rings. The summed E-state index contributed by atoms with van der Waals surface area (Å²) in [7, 11) is 3.14. The molecule has 0 bridgehead atoms. The second kappa shape index (κ2) is 10.2. The van der Waals surface area contributed by atoms with Crippen LogP contribution in [0.5, 0.6) is 11.5 Å². The summed E-state index contributed by atoms with van der Waals surface area (Å²) in [6, 6.07) is 9.60. The standard InChI is InChI=1S/C25H24ClFN4O4/c1-14-18(11-16-5-6-17(27)12-20(16)26)25(33)31-23(30-14)19(13-29-31)24(32)28-9-8-15-4-7-21(34-2)22(10-15)35-3/h4-7,10,12-13,29H,8-9,11H2,1-3H3,(H,28,32). The van der Waals surface area contributed by atoms with Crippen molar-refractivity contribution in [3.63, 3.8) is 0 Å². The quantitative estimate of drug-likeness (QED) is 0.386. The van der Waals surface area contributed by atoms with Gasteiger partial charge in [0.15, 0.2) is 17.1 Å². The predicted octanol–water partition coefficient (Wildman–Crippen LogP) is 3.70. The van der Waals surface area contributed by atoms with Crippen LogP contribution in [0.3, 0.4) is 0 Å². The van der Waals surface area contributed by atoms with Crippen molar-refractivity contribution in [2.75, 3.05) is 20.8 Å². The summed E-state index contributed by atoms with van der Waals surface area (Å²) >= 11 is 6.13. The van der Waals surface area contributed by atoms with Gasteiger partial charge in [-0.05, 0) is 48.7 Å². The highest BCUT2D eigenvalue weighted by molar-refractivity contribution is 6.31. The largest absolute Gasteiger partial charge is 0.493 e. The number of nitrogens with one attached hydrogen (secondary N) is 2. The molecule has 2 heterocycles. The molecular weight excluding hydrogens is 475 g/mol. The number of methoxy groups -OCH3 is 2. The number of carbonyl (C=O) groups is 1. The first-order valence-corrected chi connectivity index (χ1v) is 11.2. The van der Waals surface area contributed by atoms with Crippen LogP contribution in [0.2, 0.25) is 5.02 Å². The molecular formula is C25H24ClFN4O4. The van der Waals surface area contributed by atoms with Gasteiger partial charge in [0.2, 0.25) is 0 Å². The van der Waals surface area contributed by atoms with E-state index in [0.717, 1.165) is 5.56 Å². The summed E-state index contributed by atoms with van der Waals surface area (Å²) < 4.78 is 25.1. The Morgan fingerprint density at radius 3 is 2.66 bits per heavy atom. The van der Waals surface area contributed by atoms with Gasteiger partial charge in [0.1, 0.15) is 11.4 Å². The van der Waals surface area contributed by atoms with Crippen molar-refractivity contribution >= 4 is 23.2 Å². The molecule has 0 aliphatic heterocycles. The number of aryl methyl sites for hydroxylation is 1. The third-order valence-electron chi connectivity index (χ3n) is 5.74. The lowest BCUT2D eigenvalue weighted by Crippen LogP contribution is -2.27. The fourth-order valence-corrected chi connectivity index (χ4v) is 4.07. The Kier molecular flexibility index (Phi) is 7.07. The van der Waals surface area contributed by atoms with E-state index in [1.54, 1.807) is 21.1 Å². The molecule has 10 heteroatoms. The fraction of sp³-hybridized carbons (Fsp3) is 0.240. The molecule has 0 aliphatic carbocycles. The second-order valence-corrected chi connectivity index (χ2v) is 8.34. The third kappa shape index (κ3) is 5.00. The van der Waals surface area contributed by atoms with Crippen LogP contribution in [-0.4, -0.2) is 41.3 Å². The third-order valence-corrected chi connectivity index (χ3v) is 6.09. The number of carbonyl (C=O) groups excluding carboxylic acids is 1. The molecule has 1 amide bonds. The highest BCUT2D eigenvalue weighted by atomic mass is 35.5. The minimum atomic E-state index is -0.452. The molecule has 2 N–H and O–H groups in total. The van der Waals surface area contributed by atoms with Gasteiger partial charge in [-0.15, -0.1) is 0 Å². The molecule has 0 unspecified atom stereocenters. The lowest BCUT2D eigenvalue weighted by molar-refractivity contribution is 0.0955. The predicted molar refractivity (Wildman–Crippen MR) is 130 cm³/mol. The Morgan fingerprint density at radius 2 is 1.94 bits per heavy atom. The van der Waals surface area contributed by atoms with E-state index in [0.29, 0.717) is 41.3 Å². The zero-order valence-electron chi connectivity index (χ0n) is 19.4. The van der Waals surface area contributed by atoms with E-state index in [4.69, 9.17) is 21.1 Å². The van der Waals surface area contributed by atoms with Crippen molar-refractivity contribution in [3.8, 4) is 11.5 Å². The lowest BCUT2D eigenvalue weighted by atomic mass is 10.0. The number of amides is 1. The van der Waals surface area contributed by atoms with Crippen LogP contribution in [0.25, 0.3) is 5.65 Å². The molecule has 2 aromatic carbocycles. The van der Waals surface area contributed by atoms with E-state index < -0.39 is 5.82 Å². The van der Waals surface area contributed by atoms with Gasteiger partial charge in [-0.1, -0.05) is 23.7 Å². The van der Waals surface area contributed by atoms with E-state index in [9.17, 15) is 14.0 Å². The first-order chi connectivity index (χ1) is 16.8. The van der Waals surface area contributed by atoms with E-state index in [1.807, 2.05) is 18.2 Å². The fourth-order valence-electron chi connectivity index (χ4n) is 3.83. The number of nitrogens with zero attached hydrogens (tertiary/aromatic N) is 2. The number of fused-ring (bicyclic) bond motifs is 1. The molecule has 4 rings (SSSR count). The second-order valence-electron chi connectivity index (χ2n) is 7.93. The smallest absolute Gasteiger partial charge is 0.276 e. The lowest BCUT2D eigenvalue weighted by Gasteiger charge is -2.10. The SMILES string of the molecule is COc1ccc(CCNC(=O)c2c[nH]n3c(=O)c(Cc4ccc(F)cc4Cl)c(C)nc23)cc1OC. The van der Waals surface area contributed by atoms with Gasteiger partial charge in [-0.25, -0.2) is 13.9 Å². The average Bonchev–Trinajstić information content (AvgIpc) is 3.26. The Balaban J connectivity index is 1.51. The Hall–Kier alpha value is -3.85. The van der Waals surface area contributed by atoms with Crippen molar-refractivity contribution in [1.29, 1.82) is 0 Å². The van der Waals surface area contributed by atoms with Crippen LogP contribution in [0.4, 0.5) is 4.39 Å². The van der Waals surface area contributed by atoms with Crippen LogP contribution in [-0.2, 0) is 12.8 Å². The molecule has 0 radical (unpaired) electrons. The summed E-state index contributed by atoms with van der Waals surface area (Å²) in [5, 5.41) is 5.90. The maximum atomic E-state index is 13.4. The molecule has 0 atom stereocenters. The highest BCUT2D eigenvalue weighted by Crippen LogP contribution is 2.27. The number of hydrogen-bond donors (Lipinski definition) is 2. The Bertz CT molecular complexity index is 1460. The first-order valence-electron chi connectivity index (χ1n) is 10.8. The molecule has 0 fully saturated rings. The van der Waals surface area contributed by atoms with Gasteiger partial charge in [-0.2, -0.15) is 0 Å². The zero-order valence-corrected chi connectivity index (χ0v) is 20.2. The van der Waals surface area contributed by atoms with Crippen molar-refractivity contribution in [3.05, 3.63) is 91.7 Å². The Labute approximate surface area is 205 Å². The molecule has 0 spiro atoms. The van der Waals surface area contributed by atoms with Crippen molar-refractivity contribution in [2.24, 2.45) is 0 Å². The number of aromatic nitrogens is 3. The van der Waals surface area contributed by atoms with E-state index >= 15 is 0 Å². The van der Waals surface area contributed by atoms with Gasteiger partial charge in [0.05, 0.1) is 14.2 Å². The Morgan fingerprint density at radius 1 is 1.17 bits per heavy atom. The summed E-state index contributed by atoms with van der Waals surface area (Å²) in [5.74, 6) is 0.438. The molecule has 0 saturated heterocycles. The monoisotopic (exact) mass is 498 g/mol. The van der Waals surface area contributed by atoms with Gasteiger partial charge < -0.3 is 14.8 Å². The van der Waals surface area contributed by atoms with Crippen LogP contribution >= 0.6 is 11.6 Å². The maximum absolute atomic E-state index is 13.4. The van der Waals surface area contributed by atoms with Gasteiger partial charge in [-0.3, -0.25) is 14.7 Å². The van der Waals surface area contributed by atoms with Crippen molar-refractivity contribution in [1.82, 2.24) is 19.9 Å². The zero-order chi connectivity index (χ0) is 25.1. The van der Waals surface area contributed by atoms with Crippen molar-refractivity contribution in [2.45, 2.75) is 19.8 Å². The minimum Gasteiger partial charge on any atom is -0.493 e. The number of benzene rings is 2. The summed E-state index contributed by atoms with van der Waals surface area (Å²) in [4.78, 5) is 30.4. The van der Waals surface area contributed by atoms with Gasteiger partial charge in [0.25, 0.3) is 11.5 Å².